The van der Waals surface area contributed by atoms with Crippen LogP contribution in [0, 0.1) is 0 Å². The van der Waals surface area contributed by atoms with Gasteiger partial charge in [0.15, 0.2) is 0 Å². The van der Waals surface area contributed by atoms with Crippen LogP contribution in [0.15, 0.2) is 133 Å². The van der Waals surface area contributed by atoms with Gasteiger partial charge in [-0.15, -0.1) is 0 Å². The van der Waals surface area contributed by atoms with Crippen molar-refractivity contribution in [1.82, 2.24) is 9.35 Å². The Labute approximate surface area is 272 Å². The average Bonchev–Trinajstić information content (AvgIpc) is 3.79. The standard InChI is InChI=1S/C40H22N4O4/c45-37-27-11-1-2-12-28(27)38(46)41(37)23-17-19-35-31(21-23)25-9-5-7-15-33(25)43(35)44-34-16-8-6-10-26(34)32-22-24(18-20-36(32)44)42-39(47)29-13-3-4-14-30(29)40(42)48/h1-22H. The molecule has 4 amide bonds. The molecule has 0 N–H and O–H groups in total. The lowest BCUT2D eigenvalue weighted by molar-refractivity contribution is 0.0910. The Balaban J connectivity index is 1.19. The number of anilines is 2. The molecule has 8 nitrogen and oxygen atoms in total. The van der Waals surface area contributed by atoms with Crippen molar-refractivity contribution in [3.8, 4) is 0 Å². The molecule has 226 valence electrons. The van der Waals surface area contributed by atoms with E-state index in [1.807, 2.05) is 84.9 Å². The van der Waals surface area contributed by atoms with Crippen LogP contribution in [0.1, 0.15) is 41.4 Å². The molecule has 10 rings (SSSR count). The van der Waals surface area contributed by atoms with E-state index in [2.05, 4.69) is 9.35 Å². The van der Waals surface area contributed by atoms with E-state index in [0.29, 0.717) is 33.6 Å². The number of carbonyl (C=O) groups excluding carboxylic acids is 4. The number of hydrogen-bond acceptors (Lipinski definition) is 4. The van der Waals surface area contributed by atoms with Crippen LogP contribution in [0.3, 0.4) is 0 Å². The van der Waals surface area contributed by atoms with Gasteiger partial charge >= 0.3 is 0 Å². The van der Waals surface area contributed by atoms with Gasteiger partial charge in [-0.2, -0.15) is 0 Å². The number of carbonyl (C=O) groups is 4. The topological polar surface area (TPSA) is 84.6 Å². The zero-order chi connectivity index (χ0) is 32.3. The van der Waals surface area contributed by atoms with Crippen LogP contribution < -0.4 is 9.80 Å². The Kier molecular flexibility index (Phi) is 5.16. The van der Waals surface area contributed by atoms with Gasteiger partial charge in [-0.3, -0.25) is 19.2 Å². The number of benzene rings is 6. The summed E-state index contributed by atoms with van der Waals surface area (Å²) < 4.78 is 4.28. The summed E-state index contributed by atoms with van der Waals surface area (Å²) in [4.78, 5) is 56.0. The van der Waals surface area contributed by atoms with Crippen molar-refractivity contribution in [2.24, 2.45) is 0 Å². The lowest BCUT2D eigenvalue weighted by atomic mass is 10.1. The van der Waals surface area contributed by atoms with Gasteiger partial charge in [-0.1, -0.05) is 60.7 Å². The second-order valence-electron chi connectivity index (χ2n) is 12.0. The number of imide groups is 2. The SMILES string of the molecule is O=C1c2ccccc2C(=O)N1c1ccc2c(c1)c1ccccc1n2-n1c2ccccc2c2cc(N3C(=O)c4ccccc4C3=O)ccc21. The predicted octanol–water partition coefficient (Wildman–Crippen LogP) is 7.82. The molecule has 0 saturated carbocycles. The first kappa shape index (κ1) is 26.4. The first-order valence-corrected chi connectivity index (χ1v) is 15.5. The third-order valence-electron chi connectivity index (χ3n) is 9.57. The van der Waals surface area contributed by atoms with E-state index >= 15 is 0 Å². The summed E-state index contributed by atoms with van der Waals surface area (Å²) in [5.74, 6) is -1.35. The molecule has 0 spiro atoms. The molecular weight excluding hydrogens is 600 g/mol. The average molecular weight is 623 g/mol. The third kappa shape index (κ3) is 3.32. The van der Waals surface area contributed by atoms with Gasteiger partial charge in [0.1, 0.15) is 0 Å². The minimum atomic E-state index is -0.338. The van der Waals surface area contributed by atoms with E-state index in [9.17, 15) is 19.2 Å². The van der Waals surface area contributed by atoms with Gasteiger partial charge in [0.05, 0.1) is 55.7 Å². The molecule has 6 aromatic carbocycles. The molecule has 8 aromatic rings. The molecule has 0 saturated heterocycles. The molecule has 2 aliphatic rings. The van der Waals surface area contributed by atoms with Gasteiger partial charge in [0, 0.05) is 21.5 Å². The van der Waals surface area contributed by atoms with E-state index in [4.69, 9.17) is 0 Å². The van der Waals surface area contributed by atoms with Crippen LogP contribution in [0.5, 0.6) is 0 Å². The zero-order valence-electron chi connectivity index (χ0n) is 25.1. The molecule has 48 heavy (non-hydrogen) atoms. The fraction of sp³-hybridized carbons (Fsp3) is 0. The van der Waals surface area contributed by atoms with Crippen LogP contribution >= 0.6 is 0 Å². The maximum Gasteiger partial charge on any atom is 0.266 e. The maximum absolute atomic E-state index is 13.4. The van der Waals surface area contributed by atoms with Crippen molar-refractivity contribution in [3.63, 3.8) is 0 Å². The van der Waals surface area contributed by atoms with Crippen molar-refractivity contribution in [3.05, 3.63) is 156 Å². The molecule has 0 bridgehead atoms. The van der Waals surface area contributed by atoms with Crippen molar-refractivity contribution in [2.75, 3.05) is 9.80 Å². The van der Waals surface area contributed by atoms with E-state index < -0.39 is 0 Å². The second kappa shape index (κ2) is 9.37. The van der Waals surface area contributed by atoms with Crippen molar-refractivity contribution in [2.45, 2.75) is 0 Å². The Morgan fingerprint density at radius 2 is 0.625 bits per heavy atom. The fourth-order valence-corrected chi connectivity index (χ4v) is 7.44. The second-order valence-corrected chi connectivity index (χ2v) is 12.0. The lowest BCUT2D eigenvalue weighted by Crippen LogP contribution is -2.29. The third-order valence-corrected chi connectivity index (χ3v) is 9.57. The van der Waals surface area contributed by atoms with E-state index in [1.165, 1.54) is 9.80 Å². The lowest BCUT2D eigenvalue weighted by Gasteiger charge is -2.16. The summed E-state index contributed by atoms with van der Waals surface area (Å²) in [7, 11) is 0. The highest BCUT2D eigenvalue weighted by Crippen LogP contribution is 2.39. The Bertz CT molecular complexity index is 2530. The van der Waals surface area contributed by atoms with Crippen LogP contribution in [0.4, 0.5) is 11.4 Å². The normalized spacial score (nSPS) is 14.3. The molecular formula is C40H22N4O4. The Morgan fingerprint density at radius 1 is 0.312 bits per heavy atom. The van der Waals surface area contributed by atoms with E-state index in [0.717, 1.165) is 43.6 Å². The van der Waals surface area contributed by atoms with E-state index in [-0.39, 0.29) is 23.6 Å². The number of rotatable bonds is 3. The minimum Gasteiger partial charge on any atom is -0.268 e. The molecule has 0 atom stereocenters. The summed E-state index contributed by atoms with van der Waals surface area (Å²) in [6.45, 7) is 0. The summed E-state index contributed by atoms with van der Waals surface area (Å²) in [6.07, 6.45) is 0. The highest BCUT2D eigenvalue weighted by Gasteiger charge is 2.38. The highest BCUT2D eigenvalue weighted by atomic mass is 16.2. The molecule has 0 unspecified atom stereocenters. The monoisotopic (exact) mass is 622 g/mol. The number of aromatic nitrogens is 2. The first-order chi connectivity index (χ1) is 23.5. The predicted molar refractivity (Wildman–Crippen MR) is 185 cm³/mol. The van der Waals surface area contributed by atoms with Crippen molar-refractivity contribution >= 4 is 78.6 Å². The van der Waals surface area contributed by atoms with Gasteiger partial charge in [-0.25, -0.2) is 19.2 Å². The molecule has 2 aliphatic heterocycles. The maximum atomic E-state index is 13.4. The number of fused-ring (bicyclic) bond motifs is 8. The fourth-order valence-electron chi connectivity index (χ4n) is 7.44. The van der Waals surface area contributed by atoms with Crippen molar-refractivity contribution in [1.29, 1.82) is 0 Å². The molecule has 0 radical (unpaired) electrons. The van der Waals surface area contributed by atoms with Gasteiger partial charge in [0.25, 0.3) is 23.6 Å². The summed E-state index contributed by atoms with van der Waals surface area (Å²) in [5, 5.41) is 3.68. The van der Waals surface area contributed by atoms with Crippen LogP contribution in [-0.2, 0) is 0 Å². The number of amides is 4. The Morgan fingerprint density at radius 3 is 1.00 bits per heavy atom. The zero-order valence-corrected chi connectivity index (χ0v) is 25.1. The first-order valence-electron chi connectivity index (χ1n) is 15.5. The van der Waals surface area contributed by atoms with Gasteiger partial charge in [-0.05, 0) is 72.8 Å². The quantitative estimate of drug-likeness (QED) is 0.188. The Hall–Kier alpha value is -6.80. The largest absolute Gasteiger partial charge is 0.268 e. The van der Waals surface area contributed by atoms with Crippen LogP contribution in [0.2, 0.25) is 0 Å². The number of nitrogens with zero attached hydrogens (tertiary/aromatic N) is 4. The minimum absolute atomic E-state index is 0.338. The van der Waals surface area contributed by atoms with Crippen LogP contribution in [-0.4, -0.2) is 33.0 Å². The van der Waals surface area contributed by atoms with E-state index in [1.54, 1.807) is 48.5 Å². The van der Waals surface area contributed by atoms with Crippen molar-refractivity contribution < 1.29 is 19.2 Å². The molecule has 4 heterocycles. The molecule has 0 aliphatic carbocycles. The van der Waals surface area contributed by atoms with Gasteiger partial charge < -0.3 is 0 Å². The van der Waals surface area contributed by atoms with Crippen LogP contribution in [0.25, 0.3) is 43.6 Å². The number of para-hydroxylation sites is 2. The summed E-state index contributed by atoms with van der Waals surface area (Å²) in [6, 6.07) is 41.2. The summed E-state index contributed by atoms with van der Waals surface area (Å²) in [5.41, 5.74) is 6.22. The van der Waals surface area contributed by atoms with Gasteiger partial charge in [0.2, 0.25) is 0 Å². The molecule has 0 fully saturated rings. The summed E-state index contributed by atoms with van der Waals surface area (Å²) >= 11 is 0. The molecule has 8 heteroatoms. The molecule has 2 aromatic heterocycles. The number of hydrogen-bond donors (Lipinski definition) is 0. The highest BCUT2D eigenvalue weighted by molar-refractivity contribution is 6.35. The smallest absolute Gasteiger partial charge is 0.266 e.